The highest BCUT2D eigenvalue weighted by molar-refractivity contribution is 6.01. The monoisotopic (exact) mass is 369 g/mol. The van der Waals surface area contributed by atoms with Crippen molar-refractivity contribution < 1.29 is 19.1 Å². The highest BCUT2D eigenvalue weighted by Crippen LogP contribution is 2.29. The second-order valence-electron chi connectivity index (χ2n) is 6.46. The minimum Gasteiger partial charge on any atom is -0.496 e. The number of nitrogens with zero attached hydrogens (tertiary/aromatic N) is 3. The van der Waals surface area contributed by atoms with Gasteiger partial charge < -0.3 is 14.4 Å². The van der Waals surface area contributed by atoms with Crippen LogP contribution in [0.4, 0.5) is 5.82 Å². The molecule has 0 spiro atoms. The summed E-state index contributed by atoms with van der Waals surface area (Å²) >= 11 is 0. The van der Waals surface area contributed by atoms with Gasteiger partial charge in [-0.2, -0.15) is 0 Å². The van der Waals surface area contributed by atoms with Gasteiger partial charge >= 0.3 is 0 Å². The first-order valence-electron chi connectivity index (χ1n) is 8.77. The van der Waals surface area contributed by atoms with E-state index in [1.165, 1.54) is 4.90 Å². The van der Waals surface area contributed by atoms with Crippen LogP contribution in [-0.4, -0.2) is 55.0 Å². The predicted molar refractivity (Wildman–Crippen MR) is 101 cm³/mol. The molecule has 0 fully saturated rings. The molecule has 0 N–H and O–H groups in total. The second kappa shape index (κ2) is 8.07. The molecule has 1 aromatic heterocycles. The van der Waals surface area contributed by atoms with Gasteiger partial charge in [0.05, 0.1) is 7.11 Å². The van der Waals surface area contributed by atoms with Crippen molar-refractivity contribution in [3.05, 3.63) is 48.2 Å². The van der Waals surface area contributed by atoms with Crippen molar-refractivity contribution in [3.63, 3.8) is 0 Å². The summed E-state index contributed by atoms with van der Waals surface area (Å²) in [5.41, 5.74) is 1.03. The lowest BCUT2D eigenvalue weighted by Crippen LogP contribution is -2.48. The number of pyridine rings is 1. The van der Waals surface area contributed by atoms with E-state index in [2.05, 4.69) is 4.98 Å². The molecular weight excluding hydrogens is 346 g/mol. The van der Waals surface area contributed by atoms with Crippen LogP contribution in [0.3, 0.4) is 0 Å². The van der Waals surface area contributed by atoms with Crippen molar-refractivity contribution in [2.45, 2.75) is 19.4 Å². The molecule has 2 amide bonds. The van der Waals surface area contributed by atoms with Crippen molar-refractivity contribution in [3.8, 4) is 11.5 Å². The predicted octanol–water partition coefficient (Wildman–Crippen LogP) is 1.91. The highest BCUT2D eigenvalue weighted by Gasteiger charge is 2.30. The molecule has 7 nitrogen and oxygen atoms in total. The lowest BCUT2D eigenvalue weighted by molar-refractivity contribution is -0.132. The number of ether oxygens (including phenoxy) is 2. The zero-order valence-corrected chi connectivity index (χ0v) is 15.7. The third kappa shape index (κ3) is 4.02. The first-order chi connectivity index (χ1) is 13.0. The van der Waals surface area contributed by atoms with Gasteiger partial charge in [-0.1, -0.05) is 18.2 Å². The van der Waals surface area contributed by atoms with Crippen LogP contribution >= 0.6 is 0 Å². The molecule has 142 valence electrons. The number of methoxy groups -OCH3 is 1. The second-order valence-corrected chi connectivity index (χ2v) is 6.46. The van der Waals surface area contributed by atoms with E-state index >= 15 is 0 Å². The van der Waals surface area contributed by atoms with Gasteiger partial charge in [0.15, 0.2) is 18.2 Å². The van der Waals surface area contributed by atoms with Crippen molar-refractivity contribution in [2.75, 3.05) is 32.2 Å². The van der Waals surface area contributed by atoms with Crippen LogP contribution in [0.15, 0.2) is 42.6 Å². The molecule has 2 aromatic rings. The van der Waals surface area contributed by atoms with Gasteiger partial charge in [0.2, 0.25) is 5.91 Å². The Labute approximate surface area is 158 Å². The number of aromatic nitrogens is 1. The third-order valence-electron chi connectivity index (χ3n) is 4.71. The van der Waals surface area contributed by atoms with Crippen LogP contribution in [0.1, 0.15) is 12.5 Å². The lowest BCUT2D eigenvalue weighted by Gasteiger charge is -2.31. The van der Waals surface area contributed by atoms with Gasteiger partial charge in [0.25, 0.3) is 5.91 Å². The Kier molecular flexibility index (Phi) is 5.59. The van der Waals surface area contributed by atoms with E-state index in [1.807, 2.05) is 31.2 Å². The molecule has 0 bridgehead atoms. The molecule has 0 aliphatic carbocycles. The summed E-state index contributed by atoms with van der Waals surface area (Å²) in [5, 5.41) is 0. The minimum absolute atomic E-state index is 0.0619. The molecule has 3 rings (SSSR count). The van der Waals surface area contributed by atoms with E-state index in [-0.39, 0.29) is 31.0 Å². The first kappa shape index (κ1) is 18.7. The number of fused-ring (bicyclic) bond motifs is 1. The van der Waals surface area contributed by atoms with E-state index in [1.54, 1.807) is 37.4 Å². The summed E-state index contributed by atoms with van der Waals surface area (Å²) in [6.07, 6.45) is 2.23. The molecule has 1 aliphatic heterocycles. The van der Waals surface area contributed by atoms with Crippen LogP contribution in [0.25, 0.3) is 0 Å². The Morgan fingerprint density at radius 3 is 2.89 bits per heavy atom. The number of amides is 2. The lowest BCUT2D eigenvalue weighted by atomic mass is 10.1. The van der Waals surface area contributed by atoms with Crippen LogP contribution < -0.4 is 14.4 Å². The van der Waals surface area contributed by atoms with E-state index in [9.17, 15) is 9.59 Å². The fourth-order valence-corrected chi connectivity index (χ4v) is 3.02. The SMILES string of the molecule is COc1ccccc1C[C@H](C)N(C)C(=O)CN1C(=O)COc2cccnc21. The number of hydrogen-bond donors (Lipinski definition) is 0. The van der Waals surface area contributed by atoms with Crippen molar-refractivity contribution >= 4 is 17.6 Å². The molecule has 27 heavy (non-hydrogen) atoms. The van der Waals surface area contributed by atoms with E-state index in [0.717, 1.165) is 11.3 Å². The topological polar surface area (TPSA) is 72.0 Å². The number of anilines is 1. The zero-order valence-electron chi connectivity index (χ0n) is 15.7. The Morgan fingerprint density at radius 1 is 1.33 bits per heavy atom. The molecule has 0 saturated heterocycles. The Bertz CT molecular complexity index is 839. The Hall–Kier alpha value is -3.09. The highest BCUT2D eigenvalue weighted by atomic mass is 16.5. The molecule has 0 unspecified atom stereocenters. The van der Waals surface area contributed by atoms with Gasteiger partial charge in [0.1, 0.15) is 12.3 Å². The van der Waals surface area contributed by atoms with Gasteiger partial charge in [-0.05, 0) is 37.1 Å². The maximum Gasteiger partial charge on any atom is 0.266 e. The molecular formula is C20H23N3O4. The molecule has 0 saturated carbocycles. The Balaban J connectivity index is 1.69. The molecule has 1 atom stereocenters. The van der Waals surface area contributed by atoms with E-state index in [0.29, 0.717) is 18.0 Å². The molecule has 2 heterocycles. The molecule has 1 aromatic carbocycles. The number of carbonyl (C=O) groups is 2. The van der Waals surface area contributed by atoms with E-state index in [4.69, 9.17) is 9.47 Å². The van der Waals surface area contributed by atoms with Crippen molar-refractivity contribution in [1.29, 1.82) is 0 Å². The van der Waals surface area contributed by atoms with Crippen LogP contribution in [0, 0.1) is 0 Å². The van der Waals surface area contributed by atoms with E-state index < -0.39 is 0 Å². The summed E-state index contributed by atoms with van der Waals surface area (Å²) in [6.45, 7) is 1.81. The summed E-state index contributed by atoms with van der Waals surface area (Å²) in [6, 6.07) is 11.2. The van der Waals surface area contributed by atoms with Gasteiger partial charge in [-0.15, -0.1) is 0 Å². The normalized spacial score (nSPS) is 14.2. The van der Waals surface area contributed by atoms with Crippen molar-refractivity contribution in [2.24, 2.45) is 0 Å². The molecule has 1 aliphatic rings. The first-order valence-corrected chi connectivity index (χ1v) is 8.77. The molecule has 0 radical (unpaired) electrons. The fourth-order valence-electron chi connectivity index (χ4n) is 3.02. The standard InChI is InChI=1S/C20H23N3O4/c1-14(11-15-7-4-5-8-16(15)26-3)22(2)18(24)12-23-19(25)13-27-17-9-6-10-21-20(17)23/h4-10,14H,11-13H2,1-3H3/t14-/m0/s1. The quantitative estimate of drug-likeness (QED) is 0.778. The largest absolute Gasteiger partial charge is 0.496 e. The van der Waals surface area contributed by atoms with Crippen LogP contribution in [0.2, 0.25) is 0 Å². The van der Waals surface area contributed by atoms with Gasteiger partial charge in [-0.3, -0.25) is 14.5 Å². The van der Waals surface area contributed by atoms with Crippen LogP contribution in [-0.2, 0) is 16.0 Å². The zero-order chi connectivity index (χ0) is 19.4. The summed E-state index contributed by atoms with van der Waals surface area (Å²) in [7, 11) is 3.37. The summed E-state index contributed by atoms with van der Waals surface area (Å²) in [5.74, 6) is 1.25. The summed E-state index contributed by atoms with van der Waals surface area (Å²) < 4.78 is 10.8. The van der Waals surface area contributed by atoms with Crippen molar-refractivity contribution in [1.82, 2.24) is 9.88 Å². The number of carbonyl (C=O) groups excluding carboxylic acids is 2. The number of rotatable bonds is 6. The average Bonchev–Trinajstić information content (AvgIpc) is 2.69. The maximum absolute atomic E-state index is 12.8. The fraction of sp³-hybridized carbons (Fsp3) is 0.350. The Morgan fingerprint density at radius 2 is 2.11 bits per heavy atom. The maximum atomic E-state index is 12.8. The number of hydrogen-bond acceptors (Lipinski definition) is 5. The smallest absolute Gasteiger partial charge is 0.266 e. The number of likely N-dealkylation sites (N-methyl/N-ethyl adjacent to an activating group) is 1. The average molecular weight is 369 g/mol. The summed E-state index contributed by atoms with van der Waals surface area (Å²) in [4.78, 5) is 32.2. The minimum atomic E-state index is -0.277. The molecule has 7 heteroatoms. The number of para-hydroxylation sites is 1. The third-order valence-corrected chi connectivity index (χ3v) is 4.71. The van der Waals surface area contributed by atoms with Gasteiger partial charge in [-0.25, -0.2) is 4.98 Å². The number of benzene rings is 1. The van der Waals surface area contributed by atoms with Crippen LogP contribution in [0.5, 0.6) is 11.5 Å². The van der Waals surface area contributed by atoms with Gasteiger partial charge in [0, 0.05) is 19.3 Å².